The summed E-state index contributed by atoms with van der Waals surface area (Å²) in [5.41, 5.74) is 7.51. The molecule has 1 aromatic heterocycles. The van der Waals surface area contributed by atoms with E-state index in [-0.39, 0.29) is 11.3 Å². The average molecular weight is 239 g/mol. The van der Waals surface area contributed by atoms with E-state index < -0.39 is 6.10 Å². The number of hydrogen-bond acceptors (Lipinski definition) is 3. The van der Waals surface area contributed by atoms with Gasteiger partial charge in [0.05, 0.1) is 11.8 Å². The third kappa shape index (κ3) is 3.07. The van der Waals surface area contributed by atoms with Crippen LogP contribution in [-0.4, -0.2) is 21.4 Å². The van der Waals surface area contributed by atoms with Gasteiger partial charge in [0, 0.05) is 30.1 Å². The molecule has 0 aromatic carbocycles. The highest BCUT2D eigenvalue weighted by Gasteiger charge is 2.28. The first kappa shape index (κ1) is 14.2. The number of nitrogens with two attached hydrogens (primary N) is 1. The molecule has 2 atom stereocenters. The predicted octanol–water partition coefficient (Wildman–Crippen LogP) is 1.74. The molecule has 4 heteroatoms. The van der Waals surface area contributed by atoms with Gasteiger partial charge in [0.25, 0.3) is 0 Å². The Morgan fingerprint density at radius 1 is 1.47 bits per heavy atom. The van der Waals surface area contributed by atoms with Crippen LogP contribution in [0, 0.1) is 5.92 Å². The van der Waals surface area contributed by atoms with Gasteiger partial charge in [0.15, 0.2) is 0 Å². The average Bonchev–Trinajstić information content (AvgIpc) is 2.61. The molecule has 2 unspecified atom stereocenters. The molecule has 0 bridgehead atoms. The van der Waals surface area contributed by atoms with Crippen LogP contribution in [-0.2, 0) is 12.5 Å². The molecule has 0 fully saturated rings. The molecule has 0 aliphatic carbocycles. The minimum Gasteiger partial charge on any atom is -0.388 e. The lowest BCUT2D eigenvalue weighted by Crippen LogP contribution is -2.24. The number of hydrogen-bond donors (Lipinski definition) is 2. The summed E-state index contributed by atoms with van der Waals surface area (Å²) in [6.07, 6.45) is 2.26. The minimum absolute atomic E-state index is 0.0650. The van der Waals surface area contributed by atoms with Crippen molar-refractivity contribution in [3.8, 4) is 0 Å². The lowest BCUT2D eigenvalue weighted by Gasteiger charge is -2.24. The molecule has 0 aliphatic rings. The van der Waals surface area contributed by atoms with Crippen molar-refractivity contribution >= 4 is 0 Å². The molecule has 1 aromatic rings. The van der Waals surface area contributed by atoms with E-state index in [1.54, 1.807) is 4.68 Å². The van der Waals surface area contributed by atoms with E-state index in [2.05, 4.69) is 25.9 Å². The Morgan fingerprint density at radius 2 is 2.06 bits per heavy atom. The molecule has 1 rings (SSSR count). The molecule has 3 N–H and O–H groups in total. The SMILES string of the molecule is CCC(CN)C(O)c1cn(C)nc1C(C)(C)C. The number of rotatable bonds is 4. The molecule has 1 heterocycles. The molecule has 0 aliphatic heterocycles. The van der Waals surface area contributed by atoms with Crippen molar-refractivity contribution in [3.63, 3.8) is 0 Å². The minimum atomic E-state index is -0.520. The summed E-state index contributed by atoms with van der Waals surface area (Å²) in [6, 6.07) is 0. The molecule has 98 valence electrons. The summed E-state index contributed by atoms with van der Waals surface area (Å²) in [6.45, 7) is 8.86. The molecular weight excluding hydrogens is 214 g/mol. The van der Waals surface area contributed by atoms with Crippen molar-refractivity contribution in [2.24, 2.45) is 18.7 Å². The van der Waals surface area contributed by atoms with Crippen LogP contribution >= 0.6 is 0 Å². The van der Waals surface area contributed by atoms with Gasteiger partial charge in [0.1, 0.15) is 0 Å². The van der Waals surface area contributed by atoms with Crippen LogP contribution in [0.1, 0.15) is 51.5 Å². The highest BCUT2D eigenvalue weighted by molar-refractivity contribution is 5.26. The van der Waals surface area contributed by atoms with Gasteiger partial charge in [-0.2, -0.15) is 5.10 Å². The van der Waals surface area contributed by atoms with Crippen LogP contribution in [0.15, 0.2) is 6.20 Å². The number of aryl methyl sites for hydroxylation is 1. The fraction of sp³-hybridized carbons (Fsp3) is 0.769. The van der Waals surface area contributed by atoms with Crippen molar-refractivity contribution in [2.45, 2.75) is 45.6 Å². The van der Waals surface area contributed by atoms with E-state index in [9.17, 15) is 5.11 Å². The number of aliphatic hydroxyl groups is 1. The van der Waals surface area contributed by atoms with E-state index in [0.717, 1.165) is 17.7 Å². The highest BCUT2D eigenvalue weighted by Crippen LogP contribution is 2.32. The van der Waals surface area contributed by atoms with Gasteiger partial charge in [0.2, 0.25) is 0 Å². The van der Waals surface area contributed by atoms with Crippen LogP contribution < -0.4 is 5.73 Å². The largest absolute Gasteiger partial charge is 0.388 e. The topological polar surface area (TPSA) is 64.1 Å². The quantitative estimate of drug-likeness (QED) is 0.841. The van der Waals surface area contributed by atoms with Crippen molar-refractivity contribution < 1.29 is 5.11 Å². The summed E-state index contributed by atoms with van der Waals surface area (Å²) in [7, 11) is 1.88. The van der Waals surface area contributed by atoms with Gasteiger partial charge in [-0.1, -0.05) is 27.7 Å². The third-order valence-corrected chi connectivity index (χ3v) is 3.16. The molecule has 0 saturated heterocycles. The fourth-order valence-corrected chi connectivity index (χ4v) is 2.08. The second kappa shape index (κ2) is 5.19. The lowest BCUT2D eigenvalue weighted by atomic mass is 9.85. The fourth-order valence-electron chi connectivity index (χ4n) is 2.08. The third-order valence-electron chi connectivity index (χ3n) is 3.16. The van der Waals surface area contributed by atoms with E-state index in [0.29, 0.717) is 6.54 Å². The summed E-state index contributed by atoms with van der Waals surface area (Å²) in [5.74, 6) is 0.0975. The smallest absolute Gasteiger partial charge is 0.0863 e. The first-order chi connectivity index (χ1) is 7.81. The van der Waals surface area contributed by atoms with Gasteiger partial charge in [-0.05, 0) is 13.0 Å². The van der Waals surface area contributed by atoms with Gasteiger partial charge < -0.3 is 10.8 Å². The Kier molecular flexibility index (Phi) is 4.33. The first-order valence-electron chi connectivity index (χ1n) is 6.23. The van der Waals surface area contributed by atoms with Crippen LogP contribution in [0.25, 0.3) is 0 Å². The van der Waals surface area contributed by atoms with E-state index in [4.69, 9.17) is 5.73 Å². The molecule has 17 heavy (non-hydrogen) atoms. The second-order valence-electron chi connectivity index (χ2n) is 5.71. The maximum Gasteiger partial charge on any atom is 0.0863 e. The van der Waals surface area contributed by atoms with Crippen LogP contribution in [0.4, 0.5) is 0 Å². The zero-order chi connectivity index (χ0) is 13.2. The summed E-state index contributed by atoms with van der Waals surface area (Å²) in [5, 5.41) is 14.9. The highest BCUT2D eigenvalue weighted by atomic mass is 16.3. The van der Waals surface area contributed by atoms with Crippen molar-refractivity contribution in [1.82, 2.24) is 9.78 Å². The summed E-state index contributed by atoms with van der Waals surface area (Å²) >= 11 is 0. The summed E-state index contributed by atoms with van der Waals surface area (Å²) < 4.78 is 1.77. The standard InChI is InChI=1S/C13H25N3O/c1-6-9(7-14)11(17)10-8-16(5)15-12(10)13(2,3)4/h8-9,11,17H,6-7,14H2,1-5H3. The Hall–Kier alpha value is -0.870. The van der Waals surface area contributed by atoms with Crippen molar-refractivity contribution in [3.05, 3.63) is 17.5 Å². The molecule has 0 saturated carbocycles. The van der Waals surface area contributed by atoms with E-state index in [1.165, 1.54) is 0 Å². The summed E-state index contributed by atoms with van der Waals surface area (Å²) in [4.78, 5) is 0. The lowest BCUT2D eigenvalue weighted by molar-refractivity contribution is 0.108. The van der Waals surface area contributed by atoms with E-state index in [1.807, 2.05) is 20.2 Å². The molecule has 0 radical (unpaired) electrons. The van der Waals surface area contributed by atoms with Gasteiger partial charge >= 0.3 is 0 Å². The molecule has 0 amide bonds. The Labute approximate surface area is 104 Å². The molecule has 0 spiro atoms. The number of aromatic nitrogens is 2. The number of aliphatic hydroxyl groups excluding tert-OH is 1. The van der Waals surface area contributed by atoms with Gasteiger partial charge in [-0.25, -0.2) is 0 Å². The normalized spacial score (nSPS) is 15.9. The first-order valence-corrected chi connectivity index (χ1v) is 6.23. The van der Waals surface area contributed by atoms with Crippen LogP contribution in [0.2, 0.25) is 0 Å². The molecule has 4 nitrogen and oxygen atoms in total. The van der Waals surface area contributed by atoms with E-state index >= 15 is 0 Å². The van der Waals surface area contributed by atoms with Gasteiger partial charge in [-0.3, -0.25) is 4.68 Å². The zero-order valence-electron chi connectivity index (χ0n) is 11.6. The number of nitrogens with zero attached hydrogens (tertiary/aromatic N) is 2. The molecular formula is C13H25N3O. The Balaban J connectivity index is 3.13. The van der Waals surface area contributed by atoms with Gasteiger partial charge in [-0.15, -0.1) is 0 Å². The monoisotopic (exact) mass is 239 g/mol. The maximum absolute atomic E-state index is 10.4. The predicted molar refractivity (Wildman–Crippen MR) is 69.7 cm³/mol. The van der Waals surface area contributed by atoms with Crippen molar-refractivity contribution in [2.75, 3.05) is 6.54 Å². The zero-order valence-corrected chi connectivity index (χ0v) is 11.6. The second-order valence-corrected chi connectivity index (χ2v) is 5.71. The van der Waals surface area contributed by atoms with Crippen molar-refractivity contribution in [1.29, 1.82) is 0 Å². The Bertz CT molecular complexity index is 361. The van der Waals surface area contributed by atoms with Crippen LogP contribution in [0.5, 0.6) is 0 Å². The van der Waals surface area contributed by atoms with Crippen LogP contribution in [0.3, 0.4) is 0 Å². The Morgan fingerprint density at radius 3 is 2.47 bits per heavy atom. The maximum atomic E-state index is 10.4.